The van der Waals surface area contributed by atoms with E-state index in [0.29, 0.717) is 29.5 Å². The summed E-state index contributed by atoms with van der Waals surface area (Å²) in [7, 11) is 1.65. The molecule has 1 saturated heterocycles. The number of hydrogen-bond acceptors (Lipinski definition) is 5. The molecule has 0 saturated carbocycles. The lowest BCUT2D eigenvalue weighted by Gasteiger charge is -2.33. The predicted octanol–water partition coefficient (Wildman–Crippen LogP) is 5.37. The fourth-order valence-corrected chi connectivity index (χ4v) is 4.99. The van der Waals surface area contributed by atoms with Gasteiger partial charge in [0.2, 0.25) is 5.78 Å². The van der Waals surface area contributed by atoms with Crippen molar-refractivity contribution in [2.24, 2.45) is 0 Å². The molecule has 33 heavy (non-hydrogen) atoms. The van der Waals surface area contributed by atoms with Crippen molar-refractivity contribution in [2.45, 2.75) is 52.2 Å². The topological polar surface area (TPSA) is 63.9 Å². The number of ketones is 1. The first-order valence-electron chi connectivity index (χ1n) is 11.7. The largest absolute Gasteiger partial charge is 0.507 e. The Kier molecular flexibility index (Phi) is 5.62. The number of carbonyl (C=O) groups is 1. The summed E-state index contributed by atoms with van der Waals surface area (Å²) in [6, 6.07) is 9.67. The Bertz CT molecular complexity index is 1260. The molecule has 5 rings (SSSR count). The third-order valence-corrected chi connectivity index (χ3v) is 6.96. The number of Topliss-reactive ketones (excluding diaryl/α,β-unsaturated/α-hetero) is 1. The van der Waals surface area contributed by atoms with Crippen LogP contribution in [0.2, 0.25) is 0 Å². The smallest absolute Gasteiger partial charge is 0.231 e. The highest BCUT2D eigenvalue weighted by molar-refractivity contribution is 6.15. The van der Waals surface area contributed by atoms with Crippen molar-refractivity contribution in [1.29, 1.82) is 0 Å². The molecule has 0 bridgehead atoms. The summed E-state index contributed by atoms with van der Waals surface area (Å²) >= 11 is 0. The van der Waals surface area contributed by atoms with Crippen molar-refractivity contribution in [2.75, 3.05) is 13.7 Å². The lowest BCUT2D eigenvalue weighted by atomic mass is 10.0. The SMILES string of the molecule is CCn1cc(C=C2Oc3c(ccc(O)c3CN3CCCC[C@@H]3C)C2=O)c2cc(OC)ccc21. The maximum Gasteiger partial charge on any atom is 0.231 e. The molecule has 0 spiro atoms. The lowest BCUT2D eigenvalue weighted by Crippen LogP contribution is -2.36. The summed E-state index contributed by atoms with van der Waals surface area (Å²) in [5.41, 5.74) is 3.18. The van der Waals surface area contributed by atoms with E-state index in [2.05, 4.69) is 23.3 Å². The van der Waals surface area contributed by atoms with Crippen LogP contribution in [0.4, 0.5) is 0 Å². The number of methoxy groups -OCH3 is 1. The number of rotatable bonds is 5. The fourth-order valence-electron chi connectivity index (χ4n) is 4.99. The van der Waals surface area contributed by atoms with Crippen molar-refractivity contribution in [3.63, 3.8) is 0 Å². The van der Waals surface area contributed by atoms with Crippen LogP contribution in [0.5, 0.6) is 17.2 Å². The zero-order chi connectivity index (χ0) is 23.1. The van der Waals surface area contributed by atoms with E-state index < -0.39 is 0 Å². The first kappa shape index (κ1) is 21.6. The first-order chi connectivity index (χ1) is 16.0. The number of ether oxygens (including phenoxy) is 2. The zero-order valence-corrected chi connectivity index (χ0v) is 19.4. The molecular weight excluding hydrogens is 416 g/mol. The number of aromatic hydroxyl groups is 1. The van der Waals surface area contributed by atoms with Gasteiger partial charge in [-0.15, -0.1) is 0 Å². The standard InChI is InChI=1S/C27H30N2O4/c1-4-28-15-18(21-14-19(32-3)8-10-23(21)28)13-25-26(31)20-9-11-24(30)22(27(20)33-25)16-29-12-6-5-7-17(29)2/h8-11,13-15,17,30H,4-7,12,16H2,1-3H3/t17-/m0/s1. The van der Waals surface area contributed by atoms with Crippen molar-refractivity contribution < 1.29 is 19.4 Å². The summed E-state index contributed by atoms with van der Waals surface area (Å²) in [6.07, 6.45) is 7.36. The monoisotopic (exact) mass is 446 g/mol. The Morgan fingerprint density at radius 1 is 1.24 bits per heavy atom. The fraction of sp³-hybridized carbons (Fsp3) is 0.370. The van der Waals surface area contributed by atoms with Gasteiger partial charge in [-0.1, -0.05) is 6.42 Å². The summed E-state index contributed by atoms with van der Waals surface area (Å²) < 4.78 is 13.7. The molecule has 1 N–H and O–H groups in total. The number of carbonyl (C=O) groups excluding carboxylic acids is 1. The van der Waals surface area contributed by atoms with Crippen LogP contribution in [0.15, 0.2) is 42.3 Å². The van der Waals surface area contributed by atoms with Crippen LogP contribution < -0.4 is 9.47 Å². The van der Waals surface area contributed by atoms with Gasteiger partial charge in [0.15, 0.2) is 5.76 Å². The number of hydrogen-bond donors (Lipinski definition) is 1. The second-order valence-corrected chi connectivity index (χ2v) is 8.95. The first-order valence-corrected chi connectivity index (χ1v) is 11.7. The van der Waals surface area contributed by atoms with Gasteiger partial charge < -0.3 is 19.1 Å². The molecule has 0 radical (unpaired) electrons. The number of aromatic nitrogens is 1. The van der Waals surface area contributed by atoms with Gasteiger partial charge in [-0.3, -0.25) is 9.69 Å². The quantitative estimate of drug-likeness (QED) is 0.534. The van der Waals surface area contributed by atoms with Gasteiger partial charge in [0, 0.05) is 41.8 Å². The molecule has 6 heteroatoms. The second kappa shape index (κ2) is 8.60. The molecule has 0 aliphatic carbocycles. The van der Waals surface area contributed by atoms with Crippen LogP contribution in [-0.4, -0.2) is 40.1 Å². The third-order valence-electron chi connectivity index (χ3n) is 6.96. The van der Waals surface area contributed by atoms with Gasteiger partial charge in [0.25, 0.3) is 0 Å². The van der Waals surface area contributed by atoms with Crippen LogP contribution in [0.1, 0.15) is 54.6 Å². The molecule has 172 valence electrons. The van der Waals surface area contributed by atoms with E-state index in [-0.39, 0.29) is 17.3 Å². The molecular formula is C27H30N2O4. The number of benzene rings is 2. The van der Waals surface area contributed by atoms with Crippen LogP contribution in [0.3, 0.4) is 0 Å². The molecule has 0 amide bonds. The second-order valence-electron chi connectivity index (χ2n) is 8.95. The molecule has 3 heterocycles. The van der Waals surface area contributed by atoms with Gasteiger partial charge in [0.05, 0.1) is 18.2 Å². The average molecular weight is 447 g/mol. The number of allylic oxidation sites excluding steroid dienone is 1. The highest BCUT2D eigenvalue weighted by Crippen LogP contribution is 2.41. The van der Waals surface area contributed by atoms with E-state index in [1.54, 1.807) is 25.3 Å². The van der Waals surface area contributed by atoms with Crippen molar-refractivity contribution in [3.8, 4) is 17.2 Å². The third kappa shape index (κ3) is 3.78. The molecule has 2 aliphatic heterocycles. The summed E-state index contributed by atoms with van der Waals surface area (Å²) in [5.74, 6) is 1.55. The van der Waals surface area contributed by atoms with E-state index >= 15 is 0 Å². The molecule has 3 aromatic rings. The van der Waals surface area contributed by atoms with E-state index in [1.165, 1.54) is 6.42 Å². The maximum absolute atomic E-state index is 13.2. The Morgan fingerprint density at radius 3 is 2.85 bits per heavy atom. The van der Waals surface area contributed by atoms with Crippen molar-refractivity contribution in [1.82, 2.24) is 9.47 Å². The van der Waals surface area contributed by atoms with Crippen molar-refractivity contribution in [3.05, 3.63) is 59.0 Å². The van der Waals surface area contributed by atoms with E-state index in [9.17, 15) is 9.90 Å². The zero-order valence-electron chi connectivity index (χ0n) is 19.4. The molecule has 0 unspecified atom stereocenters. The minimum atomic E-state index is -0.154. The van der Waals surface area contributed by atoms with Gasteiger partial charge in [0.1, 0.15) is 17.2 Å². The van der Waals surface area contributed by atoms with E-state index in [0.717, 1.165) is 48.1 Å². The summed E-state index contributed by atoms with van der Waals surface area (Å²) in [5, 5.41) is 11.6. The van der Waals surface area contributed by atoms with Gasteiger partial charge in [-0.05, 0) is 69.6 Å². The number of phenols is 1. The minimum Gasteiger partial charge on any atom is -0.507 e. The van der Waals surface area contributed by atoms with Crippen LogP contribution >= 0.6 is 0 Å². The van der Waals surface area contributed by atoms with E-state index in [4.69, 9.17) is 9.47 Å². The Hall–Kier alpha value is -3.25. The molecule has 1 aromatic heterocycles. The number of aryl methyl sites for hydroxylation is 1. The number of nitrogens with zero attached hydrogens (tertiary/aromatic N) is 2. The molecule has 2 aliphatic rings. The molecule has 2 aromatic carbocycles. The Labute approximate surface area is 194 Å². The van der Waals surface area contributed by atoms with Crippen LogP contribution in [0.25, 0.3) is 17.0 Å². The van der Waals surface area contributed by atoms with Crippen molar-refractivity contribution >= 4 is 22.8 Å². The Morgan fingerprint density at radius 2 is 2.09 bits per heavy atom. The Balaban J connectivity index is 1.53. The molecule has 1 atom stereocenters. The van der Waals surface area contributed by atoms with Gasteiger partial charge >= 0.3 is 0 Å². The molecule has 6 nitrogen and oxygen atoms in total. The molecule has 1 fully saturated rings. The number of phenolic OH excluding ortho intramolecular Hbond substituents is 1. The predicted molar refractivity (Wildman–Crippen MR) is 129 cm³/mol. The average Bonchev–Trinajstić information content (AvgIpc) is 3.34. The number of fused-ring (bicyclic) bond motifs is 2. The number of likely N-dealkylation sites (tertiary alicyclic amines) is 1. The van der Waals surface area contributed by atoms with Crippen LogP contribution in [0, 0.1) is 0 Å². The highest BCUT2D eigenvalue weighted by atomic mass is 16.5. The minimum absolute atomic E-state index is 0.154. The maximum atomic E-state index is 13.2. The highest BCUT2D eigenvalue weighted by Gasteiger charge is 2.32. The normalized spacial score (nSPS) is 19.8. The lowest BCUT2D eigenvalue weighted by molar-refractivity contribution is 0.101. The van der Waals surface area contributed by atoms with E-state index in [1.807, 2.05) is 24.4 Å². The van der Waals surface area contributed by atoms with Gasteiger partial charge in [-0.25, -0.2) is 0 Å². The van der Waals surface area contributed by atoms with Gasteiger partial charge in [-0.2, -0.15) is 0 Å². The number of piperidine rings is 1. The summed E-state index contributed by atoms with van der Waals surface area (Å²) in [6.45, 7) is 6.67. The summed E-state index contributed by atoms with van der Waals surface area (Å²) in [4.78, 5) is 15.6. The van der Waals surface area contributed by atoms with Crippen LogP contribution in [-0.2, 0) is 13.1 Å².